The highest BCUT2D eigenvalue weighted by molar-refractivity contribution is 7.13. The summed E-state index contributed by atoms with van der Waals surface area (Å²) in [5.74, 6) is -0.578. The average molecular weight is 376 g/mol. The van der Waals surface area contributed by atoms with Gasteiger partial charge in [-0.2, -0.15) is 0 Å². The van der Waals surface area contributed by atoms with Crippen molar-refractivity contribution >= 4 is 33.8 Å². The van der Waals surface area contributed by atoms with Crippen LogP contribution in [-0.2, 0) is 0 Å². The lowest BCUT2D eigenvalue weighted by atomic mass is 10.0. The maximum absolute atomic E-state index is 13.1. The van der Waals surface area contributed by atoms with E-state index in [9.17, 15) is 9.18 Å². The number of hydrogen-bond acceptors (Lipinski definition) is 3. The highest BCUT2D eigenvalue weighted by Gasteiger charge is 2.16. The van der Waals surface area contributed by atoms with Gasteiger partial charge in [0, 0.05) is 11.1 Å². The van der Waals surface area contributed by atoms with Gasteiger partial charge >= 0.3 is 0 Å². The largest absolute Gasteiger partial charge is 0.322 e. The number of nitrogens with zero attached hydrogens (tertiary/aromatic N) is 1. The molecule has 0 spiro atoms. The Kier molecular flexibility index (Phi) is 4.46. The molecule has 0 unspecified atom stereocenters. The summed E-state index contributed by atoms with van der Waals surface area (Å²) in [5, 5.41) is 5.66. The third-order valence-electron chi connectivity index (χ3n) is 4.37. The number of anilines is 1. The normalized spacial score (nSPS) is 10.9. The lowest BCUT2D eigenvalue weighted by molar-refractivity contribution is 0.102. The van der Waals surface area contributed by atoms with Crippen LogP contribution in [0.1, 0.15) is 21.5 Å². The molecule has 134 valence electrons. The van der Waals surface area contributed by atoms with E-state index in [0.29, 0.717) is 11.3 Å². The number of hydrogen-bond donors (Lipinski definition) is 1. The first kappa shape index (κ1) is 17.4. The van der Waals surface area contributed by atoms with Crippen LogP contribution in [0.4, 0.5) is 10.1 Å². The number of benzene rings is 2. The van der Waals surface area contributed by atoms with Crippen molar-refractivity contribution in [2.45, 2.75) is 13.8 Å². The molecule has 0 fully saturated rings. The van der Waals surface area contributed by atoms with Gasteiger partial charge in [0.25, 0.3) is 5.91 Å². The maximum Gasteiger partial charge on any atom is 0.256 e. The number of amides is 1. The monoisotopic (exact) mass is 376 g/mol. The van der Waals surface area contributed by atoms with Gasteiger partial charge in [-0.05, 0) is 67.3 Å². The average Bonchev–Trinajstić information content (AvgIpc) is 3.17. The molecular formula is C22H17FN2OS. The lowest BCUT2D eigenvalue weighted by Crippen LogP contribution is -2.13. The van der Waals surface area contributed by atoms with Gasteiger partial charge < -0.3 is 5.32 Å². The van der Waals surface area contributed by atoms with Crippen molar-refractivity contribution in [3.05, 3.63) is 82.5 Å². The Hall–Kier alpha value is -3.05. The second kappa shape index (κ2) is 6.93. The smallest absolute Gasteiger partial charge is 0.256 e. The molecule has 1 N–H and O–H groups in total. The van der Waals surface area contributed by atoms with E-state index in [0.717, 1.165) is 32.6 Å². The molecule has 27 heavy (non-hydrogen) atoms. The van der Waals surface area contributed by atoms with Gasteiger partial charge in [-0.3, -0.25) is 4.79 Å². The summed E-state index contributed by atoms with van der Waals surface area (Å²) in [5.41, 5.74) is 4.79. The first-order valence-electron chi connectivity index (χ1n) is 8.54. The van der Waals surface area contributed by atoms with Gasteiger partial charge in [0.1, 0.15) is 5.82 Å². The summed E-state index contributed by atoms with van der Waals surface area (Å²) in [6, 6.07) is 15.6. The number of fused-ring (bicyclic) bond motifs is 1. The van der Waals surface area contributed by atoms with E-state index in [1.165, 1.54) is 12.1 Å². The van der Waals surface area contributed by atoms with Crippen LogP contribution in [0.25, 0.3) is 21.5 Å². The van der Waals surface area contributed by atoms with Crippen molar-refractivity contribution in [1.29, 1.82) is 0 Å². The molecule has 0 atom stereocenters. The second-order valence-electron chi connectivity index (χ2n) is 6.47. The molecule has 5 heteroatoms. The summed E-state index contributed by atoms with van der Waals surface area (Å²) in [6.07, 6.45) is 0. The van der Waals surface area contributed by atoms with Crippen molar-refractivity contribution in [2.24, 2.45) is 0 Å². The Morgan fingerprint density at radius 3 is 2.56 bits per heavy atom. The van der Waals surface area contributed by atoms with E-state index in [2.05, 4.69) is 11.4 Å². The Balaban J connectivity index is 1.86. The topological polar surface area (TPSA) is 42.0 Å². The predicted molar refractivity (Wildman–Crippen MR) is 109 cm³/mol. The van der Waals surface area contributed by atoms with Crippen LogP contribution in [-0.4, -0.2) is 10.9 Å². The summed E-state index contributed by atoms with van der Waals surface area (Å²) in [4.78, 5) is 18.8. The second-order valence-corrected chi connectivity index (χ2v) is 7.42. The molecule has 1 amide bonds. The van der Waals surface area contributed by atoms with Crippen LogP contribution in [0, 0.1) is 19.7 Å². The Morgan fingerprint density at radius 1 is 1.07 bits per heavy atom. The van der Waals surface area contributed by atoms with E-state index in [1.807, 2.05) is 43.5 Å². The third-order valence-corrected chi connectivity index (χ3v) is 5.26. The number of carbonyl (C=O) groups excluding carboxylic acids is 1. The molecule has 4 rings (SSSR count). The van der Waals surface area contributed by atoms with Crippen LogP contribution in [0.2, 0.25) is 0 Å². The number of carbonyl (C=O) groups is 1. The van der Waals surface area contributed by atoms with Gasteiger partial charge in [0.15, 0.2) is 0 Å². The van der Waals surface area contributed by atoms with Crippen molar-refractivity contribution < 1.29 is 9.18 Å². The summed E-state index contributed by atoms with van der Waals surface area (Å²) < 4.78 is 13.1. The minimum Gasteiger partial charge on any atom is -0.322 e. The highest BCUT2D eigenvalue weighted by Crippen LogP contribution is 2.30. The van der Waals surface area contributed by atoms with E-state index in [4.69, 9.17) is 4.98 Å². The zero-order valence-electron chi connectivity index (χ0n) is 14.9. The standard InChI is InChI=1S/C22H17FN2OS/c1-13-10-14(2)21-17(11-13)18(12-19(25-21)20-4-3-9-27-20)22(26)24-16-7-5-15(23)6-8-16/h3-12H,1-2H3,(H,24,26). The summed E-state index contributed by atoms with van der Waals surface area (Å²) >= 11 is 1.58. The Morgan fingerprint density at radius 2 is 1.85 bits per heavy atom. The number of thiophene rings is 1. The number of pyridine rings is 1. The molecule has 2 aromatic heterocycles. The SMILES string of the molecule is Cc1cc(C)c2nc(-c3cccs3)cc(C(=O)Nc3ccc(F)cc3)c2c1. The predicted octanol–water partition coefficient (Wildman–Crippen LogP) is 5.97. The number of rotatable bonds is 3. The highest BCUT2D eigenvalue weighted by atomic mass is 32.1. The number of aromatic nitrogens is 1. The first-order valence-corrected chi connectivity index (χ1v) is 9.42. The van der Waals surface area contributed by atoms with Crippen molar-refractivity contribution in [2.75, 3.05) is 5.32 Å². The molecule has 0 bridgehead atoms. The van der Waals surface area contributed by atoms with Gasteiger partial charge in [0.05, 0.1) is 21.7 Å². The van der Waals surface area contributed by atoms with E-state index < -0.39 is 0 Å². The van der Waals surface area contributed by atoms with Crippen molar-refractivity contribution in [3.8, 4) is 10.6 Å². The Labute approximate surface area is 160 Å². The van der Waals surface area contributed by atoms with Crippen LogP contribution in [0.3, 0.4) is 0 Å². The molecule has 4 aromatic rings. The lowest BCUT2D eigenvalue weighted by Gasteiger charge is -2.12. The first-order chi connectivity index (χ1) is 13.0. The quantitative estimate of drug-likeness (QED) is 0.478. The molecule has 3 nitrogen and oxygen atoms in total. The van der Waals surface area contributed by atoms with E-state index in [1.54, 1.807) is 23.5 Å². The number of aryl methyl sites for hydroxylation is 2. The van der Waals surface area contributed by atoms with Crippen LogP contribution in [0.15, 0.2) is 60.0 Å². The zero-order valence-corrected chi connectivity index (χ0v) is 15.7. The number of halogens is 1. The minimum absolute atomic E-state index is 0.239. The number of nitrogens with one attached hydrogen (secondary N) is 1. The molecule has 2 heterocycles. The Bertz CT molecular complexity index is 1140. The molecule has 2 aromatic carbocycles. The summed E-state index contributed by atoms with van der Waals surface area (Å²) in [6.45, 7) is 4.00. The fourth-order valence-corrected chi connectivity index (χ4v) is 3.84. The van der Waals surface area contributed by atoms with Crippen LogP contribution in [0.5, 0.6) is 0 Å². The fraction of sp³-hybridized carbons (Fsp3) is 0.0909. The van der Waals surface area contributed by atoms with E-state index >= 15 is 0 Å². The molecule has 0 aliphatic heterocycles. The van der Waals surface area contributed by atoms with Gasteiger partial charge in [-0.1, -0.05) is 17.7 Å². The molecular weight excluding hydrogens is 359 g/mol. The van der Waals surface area contributed by atoms with Crippen molar-refractivity contribution in [3.63, 3.8) is 0 Å². The van der Waals surface area contributed by atoms with Gasteiger partial charge in [-0.15, -0.1) is 11.3 Å². The third kappa shape index (κ3) is 3.46. The minimum atomic E-state index is -0.339. The molecule has 0 saturated heterocycles. The van der Waals surface area contributed by atoms with Gasteiger partial charge in [0.2, 0.25) is 0 Å². The molecule has 0 radical (unpaired) electrons. The van der Waals surface area contributed by atoms with E-state index in [-0.39, 0.29) is 11.7 Å². The van der Waals surface area contributed by atoms with Crippen LogP contribution < -0.4 is 5.32 Å². The maximum atomic E-state index is 13.1. The van der Waals surface area contributed by atoms with Crippen molar-refractivity contribution in [1.82, 2.24) is 4.98 Å². The van der Waals surface area contributed by atoms with Crippen LogP contribution >= 0.6 is 11.3 Å². The summed E-state index contributed by atoms with van der Waals surface area (Å²) in [7, 11) is 0. The molecule has 0 saturated carbocycles. The molecule has 0 aliphatic carbocycles. The van der Waals surface area contributed by atoms with Gasteiger partial charge in [-0.25, -0.2) is 9.37 Å². The molecule has 0 aliphatic rings. The zero-order chi connectivity index (χ0) is 19.0. The fourth-order valence-electron chi connectivity index (χ4n) is 3.15.